The molecule has 118 valence electrons. The van der Waals surface area contributed by atoms with Crippen molar-refractivity contribution in [1.29, 1.82) is 0 Å². The van der Waals surface area contributed by atoms with Crippen LogP contribution in [0.25, 0.3) is 0 Å². The second kappa shape index (κ2) is 7.63. The monoisotopic (exact) mass is 307 g/mol. The molecule has 0 atom stereocenters. The molecule has 22 heavy (non-hydrogen) atoms. The van der Waals surface area contributed by atoms with E-state index >= 15 is 0 Å². The lowest BCUT2D eigenvalue weighted by Gasteiger charge is -2.21. The molecule has 0 unspecified atom stereocenters. The van der Waals surface area contributed by atoms with Gasteiger partial charge in [-0.05, 0) is 25.0 Å². The Kier molecular flexibility index (Phi) is 5.57. The molecule has 1 heterocycles. The summed E-state index contributed by atoms with van der Waals surface area (Å²) in [7, 11) is 0. The molecule has 0 aliphatic rings. The smallest absolute Gasteiger partial charge is 0.247 e. The van der Waals surface area contributed by atoms with Crippen LogP contribution in [0.3, 0.4) is 0 Å². The first-order valence-electron chi connectivity index (χ1n) is 7.31. The van der Waals surface area contributed by atoms with Gasteiger partial charge in [-0.15, -0.1) is 5.10 Å². The van der Waals surface area contributed by atoms with Gasteiger partial charge >= 0.3 is 0 Å². The number of rotatable bonds is 7. The number of hydrogen-bond acceptors (Lipinski definition) is 5. The Morgan fingerprint density at radius 2 is 1.73 bits per heavy atom. The van der Waals surface area contributed by atoms with E-state index in [9.17, 15) is 8.78 Å². The molecule has 1 aromatic heterocycles. The molecule has 0 aliphatic heterocycles. The molecule has 0 amide bonds. The van der Waals surface area contributed by atoms with Gasteiger partial charge in [0, 0.05) is 13.1 Å². The zero-order chi connectivity index (χ0) is 15.9. The Morgan fingerprint density at radius 3 is 2.32 bits per heavy atom. The van der Waals surface area contributed by atoms with Crippen molar-refractivity contribution < 1.29 is 8.78 Å². The number of aromatic nitrogens is 3. The molecule has 0 aliphatic carbocycles. The van der Waals surface area contributed by atoms with Gasteiger partial charge in [0.2, 0.25) is 5.95 Å². The van der Waals surface area contributed by atoms with Crippen LogP contribution in [-0.2, 0) is 0 Å². The molecule has 0 saturated heterocycles. The molecule has 2 rings (SSSR count). The fraction of sp³-hybridized carbons (Fsp3) is 0.400. The minimum absolute atomic E-state index is 0.244. The highest BCUT2D eigenvalue weighted by atomic mass is 19.1. The van der Waals surface area contributed by atoms with E-state index in [2.05, 4.69) is 34.3 Å². The minimum Gasteiger partial charge on any atom is -0.339 e. The Labute approximate surface area is 128 Å². The topological polar surface area (TPSA) is 53.9 Å². The number of anilines is 3. The third kappa shape index (κ3) is 3.87. The van der Waals surface area contributed by atoms with Crippen LogP contribution in [0.2, 0.25) is 0 Å². The number of para-hydroxylation sites is 1. The van der Waals surface area contributed by atoms with Crippen molar-refractivity contribution in [2.45, 2.75) is 26.7 Å². The average molecular weight is 307 g/mol. The van der Waals surface area contributed by atoms with E-state index in [1.807, 2.05) is 4.90 Å². The second-order valence-corrected chi connectivity index (χ2v) is 4.85. The average Bonchev–Trinajstić information content (AvgIpc) is 2.51. The summed E-state index contributed by atoms with van der Waals surface area (Å²) in [6.07, 6.45) is 3.23. The third-order valence-electron chi connectivity index (χ3n) is 3.03. The molecule has 0 spiro atoms. The van der Waals surface area contributed by atoms with Crippen molar-refractivity contribution in [2.24, 2.45) is 0 Å². The van der Waals surface area contributed by atoms with Gasteiger partial charge in [-0.25, -0.2) is 8.78 Å². The maximum Gasteiger partial charge on any atom is 0.247 e. The highest BCUT2D eigenvalue weighted by Gasteiger charge is 2.12. The molecule has 5 nitrogen and oxygen atoms in total. The first-order valence-corrected chi connectivity index (χ1v) is 7.31. The molecule has 7 heteroatoms. The third-order valence-corrected chi connectivity index (χ3v) is 3.03. The van der Waals surface area contributed by atoms with E-state index in [1.54, 1.807) is 0 Å². The van der Waals surface area contributed by atoms with E-state index in [-0.39, 0.29) is 11.5 Å². The molecule has 0 bridgehead atoms. The van der Waals surface area contributed by atoms with E-state index < -0.39 is 11.6 Å². The number of benzene rings is 1. The zero-order valence-electron chi connectivity index (χ0n) is 12.7. The van der Waals surface area contributed by atoms with Gasteiger partial charge in [-0.2, -0.15) is 10.1 Å². The van der Waals surface area contributed by atoms with Crippen LogP contribution < -0.4 is 10.2 Å². The summed E-state index contributed by atoms with van der Waals surface area (Å²) in [6, 6.07) is 3.67. The predicted molar refractivity (Wildman–Crippen MR) is 82.3 cm³/mol. The van der Waals surface area contributed by atoms with Crippen LogP contribution in [0.5, 0.6) is 0 Å². The van der Waals surface area contributed by atoms with Gasteiger partial charge in [0.25, 0.3) is 0 Å². The second-order valence-electron chi connectivity index (χ2n) is 4.85. The van der Waals surface area contributed by atoms with Gasteiger partial charge in [-0.3, -0.25) is 0 Å². The molecule has 1 aromatic carbocycles. The largest absolute Gasteiger partial charge is 0.339 e. The van der Waals surface area contributed by atoms with Crippen molar-refractivity contribution in [2.75, 3.05) is 23.3 Å². The van der Waals surface area contributed by atoms with Gasteiger partial charge in [-0.1, -0.05) is 19.9 Å². The zero-order valence-corrected chi connectivity index (χ0v) is 12.7. The van der Waals surface area contributed by atoms with Crippen LogP contribution in [0.1, 0.15) is 26.7 Å². The fourth-order valence-electron chi connectivity index (χ4n) is 2.09. The summed E-state index contributed by atoms with van der Waals surface area (Å²) >= 11 is 0. The quantitative estimate of drug-likeness (QED) is 0.848. The van der Waals surface area contributed by atoms with E-state index in [0.29, 0.717) is 5.95 Å². The van der Waals surface area contributed by atoms with Crippen LogP contribution in [0.4, 0.5) is 26.2 Å². The summed E-state index contributed by atoms with van der Waals surface area (Å²) in [6.45, 7) is 5.72. The summed E-state index contributed by atoms with van der Waals surface area (Å²) in [4.78, 5) is 6.29. The van der Waals surface area contributed by atoms with Gasteiger partial charge < -0.3 is 10.2 Å². The summed E-state index contributed by atoms with van der Waals surface area (Å²) < 4.78 is 27.3. The standard InChI is InChI=1S/C15H19F2N5/c1-3-8-22(9-4-2)15-20-13(10-18-21-15)19-14-11(16)6-5-7-12(14)17/h5-7,10H,3-4,8-9H2,1-2H3,(H,19,20,21). The Bertz CT molecular complexity index is 594. The minimum atomic E-state index is -0.681. The first kappa shape index (κ1) is 16.1. The maximum atomic E-state index is 13.7. The highest BCUT2D eigenvalue weighted by molar-refractivity contribution is 5.57. The van der Waals surface area contributed by atoms with E-state index in [1.165, 1.54) is 24.4 Å². The van der Waals surface area contributed by atoms with Crippen molar-refractivity contribution in [3.8, 4) is 0 Å². The Morgan fingerprint density at radius 1 is 1.09 bits per heavy atom. The van der Waals surface area contributed by atoms with Crippen LogP contribution in [0.15, 0.2) is 24.4 Å². The normalized spacial score (nSPS) is 10.5. The van der Waals surface area contributed by atoms with Crippen molar-refractivity contribution in [1.82, 2.24) is 15.2 Å². The lowest BCUT2D eigenvalue weighted by molar-refractivity contribution is 0.590. The molecule has 2 aromatic rings. The molecule has 0 saturated carbocycles. The summed E-state index contributed by atoms with van der Waals surface area (Å²) in [5, 5.41) is 10.5. The molecular formula is C15H19F2N5. The van der Waals surface area contributed by atoms with Crippen molar-refractivity contribution >= 4 is 17.5 Å². The van der Waals surface area contributed by atoms with Gasteiger partial charge in [0.1, 0.15) is 17.3 Å². The van der Waals surface area contributed by atoms with E-state index in [0.717, 1.165) is 25.9 Å². The Hall–Kier alpha value is -2.31. The van der Waals surface area contributed by atoms with Gasteiger partial charge in [0.15, 0.2) is 5.82 Å². The van der Waals surface area contributed by atoms with Gasteiger partial charge in [0.05, 0.1) is 6.20 Å². The summed E-state index contributed by atoms with van der Waals surface area (Å²) in [5.41, 5.74) is -0.244. The highest BCUT2D eigenvalue weighted by Crippen LogP contribution is 2.22. The molecule has 1 N–H and O–H groups in total. The number of nitrogens with zero attached hydrogens (tertiary/aromatic N) is 4. The lowest BCUT2D eigenvalue weighted by atomic mass is 10.3. The number of nitrogens with one attached hydrogen (secondary N) is 1. The first-order chi connectivity index (χ1) is 10.7. The van der Waals surface area contributed by atoms with Crippen LogP contribution >= 0.6 is 0 Å². The SMILES string of the molecule is CCCN(CCC)c1nncc(Nc2c(F)cccc2F)n1. The maximum absolute atomic E-state index is 13.7. The molecule has 0 radical (unpaired) electrons. The predicted octanol–water partition coefficient (Wildman–Crippen LogP) is 3.52. The molecule has 0 fully saturated rings. The summed E-state index contributed by atoms with van der Waals surface area (Å²) in [5.74, 6) is -0.657. The van der Waals surface area contributed by atoms with Crippen molar-refractivity contribution in [3.63, 3.8) is 0 Å². The van der Waals surface area contributed by atoms with Crippen molar-refractivity contribution in [3.05, 3.63) is 36.0 Å². The fourth-order valence-corrected chi connectivity index (χ4v) is 2.09. The molecular weight excluding hydrogens is 288 g/mol. The van der Waals surface area contributed by atoms with Crippen LogP contribution in [0, 0.1) is 11.6 Å². The lowest BCUT2D eigenvalue weighted by Crippen LogP contribution is -2.27. The number of halogens is 2. The van der Waals surface area contributed by atoms with E-state index in [4.69, 9.17) is 0 Å². The number of hydrogen-bond donors (Lipinski definition) is 1. The Balaban J connectivity index is 2.24. The van der Waals surface area contributed by atoms with Crippen LogP contribution in [-0.4, -0.2) is 28.3 Å².